The number of hydrogen-bond donors (Lipinski definition) is 4. The van der Waals surface area contributed by atoms with Gasteiger partial charge < -0.3 is 21.2 Å². The Hall–Kier alpha value is -3.76. The summed E-state index contributed by atoms with van der Waals surface area (Å²) in [5.74, 6) is -0.637. The molecule has 3 rings (SSSR count). The second kappa shape index (κ2) is 7.10. The number of aliphatic imine (C=N–C) groups is 1. The number of benzene rings is 1. The van der Waals surface area contributed by atoms with Crippen molar-refractivity contribution in [2.24, 2.45) is 10.7 Å². The van der Waals surface area contributed by atoms with E-state index < -0.39 is 17.6 Å². The largest absolute Gasteiger partial charge is 0.453 e. The molecule has 0 aliphatic rings. The van der Waals surface area contributed by atoms with Crippen LogP contribution in [0.2, 0.25) is 0 Å². The first-order valence-electron chi connectivity index (χ1n) is 7.84. The van der Waals surface area contributed by atoms with Crippen LogP contribution in [-0.2, 0) is 6.18 Å². The van der Waals surface area contributed by atoms with Gasteiger partial charge in [-0.15, -0.1) is 0 Å². The van der Waals surface area contributed by atoms with Crippen LogP contribution in [0.15, 0.2) is 41.7 Å². The summed E-state index contributed by atoms with van der Waals surface area (Å²) in [5, 5.41) is 2.01. The first kappa shape index (κ1) is 19.0. The molecule has 146 valence electrons. The molecule has 28 heavy (non-hydrogen) atoms. The molecule has 3 aromatic rings. The van der Waals surface area contributed by atoms with Gasteiger partial charge in [-0.3, -0.25) is 20.1 Å². The Bertz CT molecular complexity index is 1070. The Balaban J connectivity index is 2.11. The number of aromatic amines is 1. The Labute approximate surface area is 156 Å². The zero-order chi connectivity index (χ0) is 20.5. The van der Waals surface area contributed by atoms with Gasteiger partial charge in [-0.25, -0.2) is 0 Å². The van der Waals surface area contributed by atoms with Crippen LogP contribution >= 0.6 is 0 Å². The molecule has 0 fully saturated rings. The van der Waals surface area contributed by atoms with Crippen molar-refractivity contribution in [3.8, 4) is 11.5 Å². The lowest BCUT2D eigenvalue weighted by Crippen LogP contribution is -2.36. The molecule has 0 unspecified atom stereocenters. The molecular weight excluding hydrogens is 377 g/mol. The highest BCUT2D eigenvalue weighted by Crippen LogP contribution is 2.39. The van der Waals surface area contributed by atoms with E-state index in [1.54, 1.807) is 0 Å². The molecule has 0 aliphatic carbocycles. The number of nitrogens with two attached hydrogens (primary N) is 2. The van der Waals surface area contributed by atoms with Crippen LogP contribution in [0.5, 0.6) is 11.5 Å². The lowest BCUT2D eigenvalue weighted by atomic mass is 10.1. The summed E-state index contributed by atoms with van der Waals surface area (Å²) in [7, 11) is 1.36. The van der Waals surface area contributed by atoms with E-state index in [2.05, 4.69) is 20.3 Å². The summed E-state index contributed by atoms with van der Waals surface area (Å²) in [4.78, 5) is 22.3. The van der Waals surface area contributed by atoms with Crippen LogP contribution in [0.25, 0.3) is 10.9 Å². The van der Waals surface area contributed by atoms with Crippen molar-refractivity contribution in [1.29, 1.82) is 0 Å². The number of nitrogens with one attached hydrogen (secondary N) is 2. The Morgan fingerprint density at radius 1 is 1.29 bits per heavy atom. The standard InChI is InChI=1S/C17H15F3N6O2/c1-23-16(22)26-15(27)12-5-10-11(17(18,19)20)2-3-13(14(10)25-12)28-9-4-8(21)6-24-7-9/h2-7,25H,21H2,1H3,(H3,22,23,26,27). The van der Waals surface area contributed by atoms with Crippen molar-refractivity contribution in [3.05, 3.63) is 47.9 Å². The van der Waals surface area contributed by atoms with E-state index in [0.29, 0.717) is 5.69 Å². The fraction of sp³-hybridized carbons (Fsp3) is 0.118. The number of nitrogen functional groups attached to an aromatic ring is 1. The van der Waals surface area contributed by atoms with Crippen LogP contribution in [0.3, 0.4) is 0 Å². The maximum atomic E-state index is 13.4. The number of aromatic nitrogens is 2. The molecule has 0 atom stereocenters. The molecule has 0 bridgehead atoms. The number of guanidine groups is 1. The molecule has 0 radical (unpaired) electrons. The van der Waals surface area contributed by atoms with E-state index in [1.807, 2.05) is 0 Å². The Morgan fingerprint density at radius 3 is 2.68 bits per heavy atom. The average molecular weight is 392 g/mol. The number of ether oxygens (including phenoxy) is 1. The smallest absolute Gasteiger partial charge is 0.417 e. The highest BCUT2D eigenvalue weighted by atomic mass is 19.4. The summed E-state index contributed by atoms with van der Waals surface area (Å²) in [6, 6.07) is 4.55. The van der Waals surface area contributed by atoms with Crippen molar-refractivity contribution < 1.29 is 22.7 Å². The zero-order valence-electron chi connectivity index (χ0n) is 14.5. The van der Waals surface area contributed by atoms with Gasteiger partial charge in [0.15, 0.2) is 11.7 Å². The molecule has 0 saturated heterocycles. The van der Waals surface area contributed by atoms with Gasteiger partial charge in [-0.05, 0) is 18.2 Å². The predicted molar refractivity (Wildman–Crippen MR) is 97.0 cm³/mol. The second-order valence-electron chi connectivity index (χ2n) is 5.70. The number of anilines is 1. The molecule has 8 nitrogen and oxygen atoms in total. The summed E-state index contributed by atoms with van der Waals surface area (Å²) in [5.41, 5.74) is 10.3. The van der Waals surface area contributed by atoms with Crippen LogP contribution in [0, 0.1) is 0 Å². The van der Waals surface area contributed by atoms with Gasteiger partial charge in [-0.2, -0.15) is 13.2 Å². The van der Waals surface area contributed by atoms with Crippen molar-refractivity contribution in [2.45, 2.75) is 6.18 Å². The summed E-state index contributed by atoms with van der Waals surface area (Å²) < 4.78 is 45.8. The Kier molecular flexibility index (Phi) is 4.82. The van der Waals surface area contributed by atoms with E-state index in [9.17, 15) is 18.0 Å². The minimum atomic E-state index is -4.63. The van der Waals surface area contributed by atoms with Gasteiger partial charge in [0.25, 0.3) is 5.91 Å². The maximum Gasteiger partial charge on any atom is 0.417 e. The average Bonchev–Trinajstić information content (AvgIpc) is 3.06. The highest BCUT2D eigenvalue weighted by molar-refractivity contribution is 6.07. The van der Waals surface area contributed by atoms with Gasteiger partial charge in [0, 0.05) is 18.5 Å². The third kappa shape index (κ3) is 3.82. The van der Waals surface area contributed by atoms with Crippen LogP contribution in [0.4, 0.5) is 18.9 Å². The minimum absolute atomic E-state index is 0.0191. The molecule has 0 aliphatic heterocycles. The van der Waals surface area contributed by atoms with E-state index in [0.717, 1.165) is 18.2 Å². The quantitative estimate of drug-likeness (QED) is 0.402. The molecule has 6 N–H and O–H groups in total. The number of alkyl halides is 3. The summed E-state index contributed by atoms with van der Waals surface area (Å²) in [6.45, 7) is 0. The van der Waals surface area contributed by atoms with Crippen LogP contribution in [0.1, 0.15) is 16.1 Å². The lowest BCUT2D eigenvalue weighted by molar-refractivity contribution is -0.136. The fourth-order valence-electron chi connectivity index (χ4n) is 2.51. The van der Waals surface area contributed by atoms with Gasteiger partial charge in [0.1, 0.15) is 11.4 Å². The second-order valence-corrected chi connectivity index (χ2v) is 5.70. The topological polar surface area (TPSA) is 131 Å². The van der Waals surface area contributed by atoms with E-state index >= 15 is 0 Å². The molecule has 11 heteroatoms. The monoisotopic (exact) mass is 392 g/mol. The molecule has 1 aromatic carbocycles. The maximum absolute atomic E-state index is 13.4. The van der Waals surface area contributed by atoms with Crippen molar-refractivity contribution in [1.82, 2.24) is 15.3 Å². The normalized spacial score (nSPS) is 12.2. The molecule has 2 aromatic heterocycles. The van der Waals surface area contributed by atoms with Crippen molar-refractivity contribution in [2.75, 3.05) is 12.8 Å². The zero-order valence-corrected chi connectivity index (χ0v) is 14.5. The number of fused-ring (bicyclic) bond motifs is 1. The molecule has 0 saturated carbocycles. The molecule has 2 heterocycles. The minimum Gasteiger partial charge on any atom is -0.453 e. The number of carbonyl (C=O) groups excluding carboxylic acids is 1. The number of H-pyrrole nitrogens is 1. The third-order valence-electron chi connectivity index (χ3n) is 3.75. The van der Waals surface area contributed by atoms with Gasteiger partial charge in [0.2, 0.25) is 0 Å². The summed E-state index contributed by atoms with van der Waals surface area (Å²) in [6.07, 6.45) is -1.88. The first-order chi connectivity index (χ1) is 13.2. The van der Waals surface area contributed by atoms with Crippen molar-refractivity contribution >= 4 is 28.5 Å². The molecule has 1 amide bonds. The van der Waals surface area contributed by atoms with E-state index in [4.69, 9.17) is 16.2 Å². The van der Waals surface area contributed by atoms with Gasteiger partial charge in [0.05, 0.1) is 29.2 Å². The molecule has 0 spiro atoms. The number of hydrogen-bond acceptors (Lipinski definition) is 5. The van der Waals surface area contributed by atoms with E-state index in [1.165, 1.54) is 25.5 Å². The number of halogens is 3. The van der Waals surface area contributed by atoms with Crippen LogP contribution in [-0.4, -0.2) is 28.9 Å². The Morgan fingerprint density at radius 2 is 2.04 bits per heavy atom. The first-order valence-corrected chi connectivity index (χ1v) is 7.84. The number of nitrogens with zero attached hydrogens (tertiary/aromatic N) is 2. The number of carbonyl (C=O) groups is 1. The third-order valence-corrected chi connectivity index (χ3v) is 3.75. The fourth-order valence-corrected chi connectivity index (χ4v) is 2.51. The highest BCUT2D eigenvalue weighted by Gasteiger charge is 2.34. The predicted octanol–water partition coefficient (Wildman–Crippen LogP) is 2.63. The van der Waals surface area contributed by atoms with E-state index in [-0.39, 0.29) is 34.1 Å². The summed E-state index contributed by atoms with van der Waals surface area (Å²) >= 11 is 0. The van der Waals surface area contributed by atoms with Crippen LogP contribution < -0.4 is 21.5 Å². The lowest BCUT2D eigenvalue weighted by Gasteiger charge is -2.11. The van der Waals surface area contributed by atoms with Gasteiger partial charge in [-0.1, -0.05) is 0 Å². The van der Waals surface area contributed by atoms with Crippen molar-refractivity contribution in [3.63, 3.8) is 0 Å². The SMILES string of the molecule is CN=C(N)NC(=O)c1cc2c(C(F)(F)F)ccc(Oc3cncc(N)c3)c2[nH]1. The number of amides is 1. The number of pyridine rings is 1. The molecular formula is C17H15F3N6O2. The van der Waals surface area contributed by atoms with Gasteiger partial charge >= 0.3 is 6.18 Å². The number of rotatable bonds is 3.